The van der Waals surface area contributed by atoms with Gasteiger partial charge in [-0.15, -0.1) is 0 Å². The molecule has 7 heteroatoms. The van der Waals surface area contributed by atoms with Crippen LogP contribution in [0.25, 0.3) is 0 Å². The lowest BCUT2D eigenvalue weighted by atomic mass is 10.4. The van der Waals surface area contributed by atoms with Gasteiger partial charge in [0.15, 0.2) is 0 Å². The predicted octanol–water partition coefficient (Wildman–Crippen LogP) is -1.08. The Hall–Kier alpha value is -0.730. The van der Waals surface area contributed by atoms with Crippen molar-refractivity contribution in [2.75, 3.05) is 59.4 Å². The van der Waals surface area contributed by atoms with E-state index >= 15 is 0 Å². The van der Waals surface area contributed by atoms with E-state index in [9.17, 15) is 4.79 Å². The molecule has 1 fully saturated rings. The molecule has 0 aromatic carbocycles. The molecule has 0 radical (unpaired) electrons. The molecule has 0 aromatic rings. The largest absolute Gasteiger partial charge is 0.394 e. The predicted molar refractivity (Wildman–Crippen MR) is 68.9 cm³/mol. The SMILES string of the molecule is O=C1CCCN1.OCCOCCOCCOCCO. The fourth-order valence-electron chi connectivity index (χ4n) is 1.24. The molecular weight excluding hydrogens is 254 g/mol. The number of ether oxygens (including phenoxy) is 3. The zero-order valence-corrected chi connectivity index (χ0v) is 11.3. The third kappa shape index (κ3) is 15.2. The standard InChI is InChI=1S/C8H18O5.C4H7NO/c9-1-3-11-5-7-13-8-6-12-4-2-10;6-4-2-1-3-5-4/h9-10H,1-8H2;1-3H2,(H,5,6). The first-order valence-electron chi connectivity index (χ1n) is 6.53. The van der Waals surface area contributed by atoms with Crippen LogP contribution in [0.2, 0.25) is 0 Å². The fourth-order valence-corrected chi connectivity index (χ4v) is 1.24. The van der Waals surface area contributed by atoms with Crippen LogP contribution in [0.15, 0.2) is 0 Å². The summed E-state index contributed by atoms with van der Waals surface area (Å²) in [5.41, 5.74) is 0. The molecule has 0 aliphatic carbocycles. The Morgan fingerprint density at radius 3 is 1.63 bits per heavy atom. The van der Waals surface area contributed by atoms with Gasteiger partial charge < -0.3 is 29.7 Å². The van der Waals surface area contributed by atoms with Crippen LogP contribution in [0.1, 0.15) is 12.8 Å². The molecule has 3 N–H and O–H groups in total. The van der Waals surface area contributed by atoms with E-state index in [1.165, 1.54) is 0 Å². The van der Waals surface area contributed by atoms with Crippen molar-refractivity contribution in [2.45, 2.75) is 12.8 Å². The first-order chi connectivity index (χ1) is 9.31. The van der Waals surface area contributed by atoms with Gasteiger partial charge in [0.2, 0.25) is 5.91 Å². The number of carbonyl (C=O) groups excluding carboxylic acids is 1. The molecule has 1 rings (SSSR count). The number of amides is 1. The summed E-state index contributed by atoms with van der Waals surface area (Å²) in [5.74, 6) is 0.204. The first kappa shape index (κ1) is 18.3. The molecular formula is C12H25NO6. The van der Waals surface area contributed by atoms with Crippen LogP contribution in [0.3, 0.4) is 0 Å². The van der Waals surface area contributed by atoms with Crippen LogP contribution in [0.4, 0.5) is 0 Å². The number of aliphatic hydroxyl groups excluding tert-OH is 2. The zero-order chi connectivity index (χ0) is 14.2. The van der Waals surface area contributed by atoms with Gasteiger partial charge >= 0.3 is 0 Å². The lowest BCUT2D eigenvalue weighted by molar-refractivity contribution is -0.119. The van der Waals surface area contributed by atoms with Crippen molar-refractivity contribution >= 4 is 5.91 Å². The number of carbonyl (C=O) groups is 1. The van der Waals surface area contributed by atoms with Gasteiger partial charge in [-0.1, -0.05) is 0 Å². The monoisotopic (exact) mass is 279 g/mol. The minimum absolute atomic E-state index is 0.0413. The van der Waals surface area contributed by atoms with Crippen molar-refractivity contribution < 1.29 is 29.2 Å². The topological polar surface area (TPSA) is 97.3 Å². The van der Waals surface area contributed by atoms with Crippen molar-refractivity contribution in [1.82, 2.24) is 5.32 Å². The highest BCUT2D eigenvalue weighted by Crippen LogP contribution is 1.93. The third-order valence-corrected chi connectivity index (χ3v) is 2.12. The Morgan fingerprint density at radius 2 is 1.37 bits per heavy atom. The van der Waals surface area contributed by atoms with Crippen LogP contribution in [0, 0.1) is 0 Å². The number of hydrogen-bond donors (Lipinski definition) is 3. The molecule has 1 aliphatic rings. The zero-order valence-electron chi connectivity index (χ0n) is 11.3. The molecule has 0 saturated carbocycles. The molecule has 1 saturated heterocycles. The van der Waals surface area contributed by atoms with Crippen molar-refractivity contribution in [3.63, 3.8) is 0 Å². The second-order valence-electron chi connectivity index (χ2n) is 3.74. The average Bonchev–Trinajstić information content (AvgIpc) is 2.89. The molecule has 1 aliphatic heterocycles. The van der Waals surface area contributed by atoms with Gasteiger partial charge in [0, 0.05) is 13.0 Å². The van der Waals surface area contributed by atoms with E-state index in [4.69, 9.17) is 24.4 Å². The quantitative estimate of drug-likeness (QED) is 0.440. The van der Waals surface area contributed by atoms with Crippen LogP contribution in [0.5, 0.6) is 0 Å². The van der Waals surface area contributed by atoms with Crippen LogP contribution < -0.4 is 5.32 Å². The first-order valence-corrected chi connectivity index (χ1v) is 6.53. The minimum Gasteiger partial charge on any atom is -0.394 e. The maximum absolute atomic E-state index is 10.1. The summed E-state index contributed by atoms with van der Waals surface area (Å²) in [4.78, 5) is 10.1. The number of aliphatic hydroxyl groups is 2. The smallest absolute Gasteiger partial charge is 0.220 e. The molecule has 114 valence electrons. The highest BCUT2D eigenvalue weighted by atomic mass is 16.5. The molecule has 0 aromatic heterocycles. The summed E-state index contributed by atoms with van der Waals surface area (Å²) in [6, 6.07) is 0. The maximum Gasteiger partial charge on any atom is 0.220 e. The Bertz CT molecular complexity index is 185. The van der Waals surface area contributed by atoms with Gasteiger partial charge in [-0.2, -0.15) is 0 Å². The van der Waals surface area contributed by atoms with Gasteiger partial charge in [-0.25, -0.2) is 0 Å². The van der Waals surface area contributed by atoms with Crippen molar-refractivity contribution in [1.29, 1.82) is 0 Å². The third-order valence-electron chi connectivity index (χ3n) is 2.12. The summed E-state index contributed by atoms with van der Waals surface area (Å²) in [6.07, 6.45) is 1.76. The van der Waals surface area contributed by atoms with Gasteiger partial charge in [0.25, 0.3) is 0 Å². The summed E-state index contributed by atoms with van der Waals surface area (Å²) >= 11 is 0. The molecule has 0 spiro atoms. The number of nitrogens with one attached hydrogen (secondary N) is 1. The van der Waals surface area contributed by atoms with E-state index in [2.05, 4.69) is 5.32 Å². The molecule has 19 heavy (non-hydrogen) atoms. The summed E-state index contributed by atoms with van der Waals surface area (Å²) in [7, 11) is 0. The van der Waals surface area contributed by atoms with Crippen molar-refractivity contribution in [3.05, 3.63) is 0 Å². The highest BCUT2D eigenvalue weighted by Gasteiger charge is 2.05. The van der Waals surface area contributed by atoms with E-state index in [-0.39, 0.29) is 19.1 Å². The van der Waals surface area contributed by atoms with Gasteiger partial charge in [-0.05, 0) is 6.42 Å². The van der Waals surface area contributed by atoms with Gasteiger partial charge in [0.05, 0.1) is 52.9 Å². The second kappa shape index (κ2) is 15.3. The second-order valence-corrected chi connectivity index (χ2v) is 3.74. The van der Waals surface area contributed by atoms with E-state index in [1.807, 2.05) is 0 Å². The molecule has 1 heterocycles. The molecule has 0 atom stereocenters. The normalized spacial score (nSPS) is 13.9. The highest BCUT2D eigenvalue weighted by molar-refractivity contribution is 5.77. The fraction of sp³-hybridized carbons (Fsp3) is 0.917. The lowest BCUT2D eigenvalue weighted by Crippen LogP contribution is -2.12. The Morgan fingerprint density at radius 1 is 0.895 bits per heavy atom. The van der Waals surface area contributed by atoms with E-state index in [0.29, 0.717) is 39.6 Å². The van der Waals surface area contributed by atoms with Gasteiger partial charge in [0.1, 0.15) is 0 Å². The summed E-state index contributed by atoms with van der Waals surface area (Å²) in [5, 5.41) is 19.4. The van der Waals surface area contributed by atoms with E-state index in [0.717, 1.165) is 19.4 Å². The average molecular weight is 279 g/mol. The number of hydrogen-bond acceptors (Lipinski definition) is 6. The summed E-state index contributed by atoms with van der Waals surface area (Å²) < 4.78 is 15.0. The molecule has 0 bridgehead atoms. The molecule has 0 unspecified atom stereocenters. The van der Waals surface area contributed by atoms with E-state index in [1.54, 1.807) is 0 Å². The van der Waals surface area contributed by atoms with Crippen molar-refractivity contribution in [2.24, 2.45) is 0 Å². The molecule has 7 nitrogen and oxygen atoms in total. The van der Waals surface area contributed by atoms with Crippen LogP contribution in [-0.4, -0.2) is 75.5 Å². The Balaban J connectivity index is 0.000000443. The lowest BCUT2D eigenvalue weighted by Gasteiger charge is -2.04. The maximum atomic E-state index is 10.1. The van der Waals surface area contributed by atoms with Crippen LogP contribution in [-0.2, 0) is 19.0 Å². The minimum atomic E-state index is 0.0413. The van der Waals surface area contributed by atoms with E-state index < -0.39 is 0 Å². The summed E-state index contributed by atoms with van der Waals surface area (Å²) in [6.45, 7) is 3.65. The van der Waals surface area contributed by atoms with Gasteiger partial charge in [-0.3, -0.25) is 4.79 Å². The Labute approximate surface area is 113 Å². The van der Waals surface area contributed by atoms with Crippen LogP contribution >= 0.6 is 0 Å². The molecule has 1 amide bonds. The Kier molecular flexibility index (Phi) is 14.7. The number of rotatable bonds is 10. The van der Waals surface area contributed by atoms with Crippen molar-refractivity contribution in [3.8, 4) is 0 Å².